The summed E-state index contributed by atoms with van der Waals surface area (Å²) in [6, 6.07) is 1.62. The number of nitrogens with zero attached hydrogens (tertiary/aromatic N) is 2. The van der Waals surface area contributed by atoms with Crippen LogP contribution in [0.1, 0.15) is 36.0 Å². The van der Waals surface area contributed by atoms with Gasteiger partial charge in [-0.25, -0.2) is 4.98 Å². The Labute approximate surface area is 117 Å². The molecule has 0 spiro atoms. The molecule has 2 fully saturated rings. The van der Waals surface area contributed by atoms with E-state index in [1.54, 1.807) is 6.07 Å². The lowest BCUT2D eigenvalue weighted by molar-refractivity contribution is 0.0739. The smallest absolute Gasteiger partial charge is 0.255 e. The Hall–Kier alpha value is -1.29. The highest BCUT2D eigenvalue weighted by Crippen LogP contribution is 2.34. The predicted molar refractivity (Wildman–Crippen MR) is 75.0 cm³/mol. The number of nitrogen functional groups attached to an aromatic ring is 1. The number of nitrogens with two attached hydrogens (primary N) is 1. The van der Waals surface area contributed by atoms with Crippen LogP contribution >= 0.6 is 11.6 Å². The fraction of sp³-hybridized carbons (Fsp3) is 0.571. The molecule has 2 N–H and O–H groups in total. The van der Waals surface area contributed by atoms with Crippen molar-refractivity contribution in [3.8, 4) is 0 Å². The summed E-state index contributed by atoms with van der Waals surface area (Å²) in [6.45, 7) is 1.74. The molecule has 19 heavy (non-hydrogen) atoms. The Kier molecular flexibility index (Phi) is 3.35. The zero-order chi connectivity index (χ0) is 13.4. The summed E-state index contributed by atoms with van der Waals surface area (Å²) in [7, 11) is 0. The third kappa shape index (κ3) is 3.18. The van der Waals surface area contributed by atoms with Crippen LogP contribution in [-0.2, 0) is 0 Å². The lowest BCUT2D eigenvalue weighted by atomic mass is 10.2. The van der Waals surface area contributed by atoms with Crippen molar-refractivity contribution in [1.82, 2.24) is 9.88 Å². The number of carbonyl (C=O) groups excluding carboxylic acids is 1. The van der Waals surface area contributed by atoms with E-state index < -0.39 is 0 Å². The van der Waals surface area contributed by atoms with E-state index in [-0.39, 0.29) is 11.7 Å². The second-order valence-electron chi connectivity index (χ2n) is 5.69. The minimum absolute atomic E-state index is 0.0354. The van der Waals surface area contributed by atoms with Gasteiger partial charge in [0.25, 0.3) is 5.91 Å². The number of hydrogen-bond donors (Lipinski definition) is 1. The molecule has 0 aromatic carbocycles. The standard InChI is InChI=1S/C14H18ClN3O/c15-12-5-11(6-17-13(12)16)14(19)18(7-9-1-2-9)8-10-3-4-10/h5-6,9-10H,1-4,7-8H2,(H2,16,17). The number of aromatic nitrogens is 1. The van der Waals surface area contributed by atoms with Crippen molar-refractivity contribution in [3.05, 3.63) is 22.8 Å². The molecule has 1 aromatic rings. The molecule has 1 amide bonds. The molecule has 2 saturated carbocycles. The van der Waals surface area contributed by atoms with Gasteiger partial charge in [0.1, 0.15) is 5.82 Å². The maximum absolute atomic E-state index is 12.5. The summed E-state index contributed by atoms with van der Waals surface area (Å²) < 4.78 is 0. The highest BCUT2D eigenvalue weighted by Gasteiger charge is 2.32. The van der Waals surface area contributed by atoms with Gasteiger partial charge < -0.3 is 10.6 Å². The Morgan fingerprint density at radius 3 is 2.37 bits per heavy atom. The van der Waals surface area contributed by atoms with Gasteiger partial charge in [-0.05, 0) is 43.6 Å². The molecule has 1 aromatic heterocycles. The fourth-order valence-electron chi connectivity index (χ4n) is 2.21. The first-order chi connectivity index (χ1) is 9.13. The highest BCUT2D eigenvalue weighted by atomic mass is 35.5. The van der Waals surface area contributed by atoms with Crippen LogP contribution in [0, 0.1) is 11.8 Å². The van der Waals surface area contributed by atoms with Crippen molar-refractivity contribution in [1.29, 1.82) is 0 Å². The van der Waals surface area contributed by atoms with E-state index in [0.29, 0.717) is 22.4 Å². The summed E-state index contributed by atoms with van der Waals surface area (Å²) in [5.41, 5.74) is 6.12. The van der Waals surface area contributed by atoms with Gasteiger partial charge in [0.15, 0.2) is 0 Å². The normalized spacial score (nSPS) is 18.4. The lowest BCUT2D eigenvalue weighted by Gasteiger charge is -2.22. The van der Waals surface area contributed by atoms with Crippen molar-refractivity contribution < 1.29 is 4.79 Å². The van der Waals surface area contributed by atoms with Gasteiger partial charge in [-0.3, -0.25) is 4.79 Å². The summed E-state index contributed by atoms with van der Waals surface area (Å²) in [6.07, 6.45) is 6.51. The van der Waals surface area contributed by atoms with Crippen LogP contribution in [-0.4, -0.2) is 28.9 Å². The molecule has 0 atom stereocenters. The number of pyridine rings is 1. The van der Waals surface area contributed by atoms with E-state index in [1.165, 1.54) is 31.9 Å². The summed E-state index contributed by atoms with van der Waals surface area (Å²) >= 11 is 5.94. The molecule has 5 heteroatoms. The molecule has 2 aliphatic carbocycles. The van der Waals surface area contributed by atoms with Crippen LogP contribution < -0.4 is 5.73 Å². The van der Waals surface area contributed by atoms with E-state index in [0.717, 1.165) is 13.1 Å². The average Bonchev–Trinajstić information content (AvgIpc) is 3.26. The molecule has 1 heterocycles. The van der Waals surface area contributed by atoms with Crippen LogP contribution in [0.3, 0.4) is 0 Å². The fourth-order valence-corrected chi connectivity index (χ4v) is 2.38. The van der Waals surface area contributed by atoms with E-state index >= 15 is 0 Å². The van der Waals surface area contributed by atoms with E-state index in [1.807, 2.05) is 4.90 Å². The quantitative estimate of drug-likeness (QED) is 0.901. The Morgan fingerprint density at radius 2 is 1.89 bits per heavy atom. The zero-order valence-corrected chi connectivity index (χ0v) is 11.6. The number of halogens is 1. The monoisotopic (exact) mass is 279 g/mol. The highest BCUT2D eigenvalue weighted by molar-refractivity contribution is 6.33. The number of anilines is 1. The lowest BCUT2D eigenvalue weighted by Crippen LogP contribution is -2.34. The van der Waals surface area contributed by atoms with Crippen LogP contribution in [0.5, 0.6) is 0 Å². The van der Waals surface area contributed by atoms with Gasteiger partial charge in [-0.2, -0.15) is 0 Å². The first kappa shape index (κ1) is 12.7. The molecule has 2 aliphatic rings. The number of carbonyl (C=O) groups is 1. The molecule has 0 unspecified atom stereocenters. The molecule has 0 aliphatic heterocycles. The van der Waals surface area contributed by atoms with Crippen molar-refractivity contribution in [2.75, 3.05) is 18.8 Å². The molecular formula is C14H18ClN3O. The number of rotatable bonds is 5. The van der Waals surface area contributed by atoms with Crippen LogP contribution in [0.2, 0.25) is 5.02 Å². The van der Waals surface area contributed by atoms with Gasteiger partial charge >= 0.3 is 0 Å². The van der Waals surface area contributed by atoms with Gasteiger partial charge in [0.05, 0.1) is 10.6 Å². The van der Waals surface area contributed by atoms with E-state index in [4.69, 9.17) is 17.3 Å². The topological polar surface area (TPSA) is 59.2 Å². The van der Waals surface area contributed by atoms with Gasteiger partial charge in [0.2, 0.25) is 0 Å². The summed E-state index contributed by atoms with van der Waals surface area (Å²) in [5, 5.41) is 0.351. The Bertz CT molecular complexity index is 483. The van der Waals surface area contributed by atoms with Crippen molar-refractivity contribution in [2.45, 2.75) is 25.7 Å². The third-order valence-electron chi connectivity index (χ3n) is 3.75. The molecule has 0 saturated heterocycles. The first-order valence-corrected chi connectivity index (χ1v) is 7.21. The first-order valence-electron chi connectivity index (χ1n) is 6.84. The number of amides is 1. The molecule has 4 nitrogen and oxygen atoms in total. The third-order valence-corrected chi connectivity index (χ3v) is 4.06. The second kappa shape index (κ2) is 5.00. The largest absolute Gasteiger partial charge is 0.382 e. The minimum atomic E-state index is 0.0354. The SMILES string of the molecule is Nc1ncc(C(=O)N(CC2CC2)CC2CC2)cc1Cl. The van der Waals surface area contributed by atoms with Gasteiger partial charge in [0, 0.05) is 19.3 Å². The van der Waals surface area contributed by atoms with E-state index in [2.05, 4.69) is 4.98 Å². The van der Waals surface area contributed by atoms with Crippen molar-refractivity contribution >= 4 is 23.3 Å². The average molecular weight is 280 g/mol. The zero-order valence-electron chi connectivity index (χ0n) is 10.8. The maximum Gasteiger partial charge on any atom is 0.255 e. The maximum atomic E-state index is 12.5. The van der Waals surface area contributed by atoms with Crippen LogP contribution in [0.25, 0.3) is 0 Å². The Balaban J connectivity index is 1.74. The van der Waals surface area contributed by atoms with Gasteiger partial charge in [-0.1, -0.05) is 11.6 Å². The van der Waals surface area contributed by atoms with Gasteiger partial charge in [-0.15, -0.1) is 0 Å². The summed E-state index contributed by atoms with van der Waals surface area (Å²) in [4.78, 5) is 18.5. The molecule has 0 bridgehead atoms. The molecule has 0 radical (unpaired) electrons. The second-order valence-corrected chi connectivity index (χ2v) is 6.10. The molecule has 3 rings (SSSR count). The van der Waals surface area contributed by atoms with Crippen molar-refractivity contribution in [2.24, 2.45) is 11.8 Å². The molecule has 102 valence electrons. The number of hydrogen-bond acceptors (Lipinski definition) is 3. The predicted octanol–water partition coefficient (Wildman–Crippen LogP) is 2.58. The molecular weight excluding hydrogens is 262 g/mol. The van der Waals surface area contributed by atoms with Crippen molar-refractivity contribution in [3.63, 3.8) is 0 Å². The summed E-state index contributed by atoms with van der Waals surface area (Å²) in [5.74, 6) is 1.70. The van der Waals surface area contributed by atoms with Crippen LogP contribution in [0.4, 0.5) is 5.82 Å². The van der Waals surface area contributed by atoms with Crippen LogP contribution in [0.15, 0.2) is 12.3 Å². The van der Waals surface area contributed by atoms with E-state index in [9.17, 15) is 4.79 Å². The minimum Gasteiger partial charge on any atom is -0.382 e. The Morgan fingerprint density at radius 1 is 1.32 bits per heavy atom.